The lowest BCUT2D eigenvalue weighted by Gasteiger charge is -2.21. The lowest BCUT2D eigenvalue weighted by atomic mass is 10.2. The van der Waals surface area contributed by atoms with Crippen molar-refractivity contribution in [3.63, 3.8) is 0 Å². The zero-order valence-electron chi connectivity index (χ0n) is 15.1. The summed E-state index contributed by atoms with van der Waals surface area (Å²) in [6.07, 6.45) is 2.48. The number of carbonyl (C=O) groups excluding carboxylic acids is 1. The van der Waals surface area contributed by atoms with Gasteiger partial charge in [0.2, 0.25) is 5.91 Å². The van der Waals surface area contributed by atoms with Crippen LogP contribution in [-0.2, 0) is 11.2 Å². The number of amides is 1. The molecule has 4 rings (SSSR count). The summed E-state index contributed by atoms with van der Waals surface area (Å²) in [4.78, 5) is 19.4. The topological polar surface area (TPSA) is 45.2 Å². The standard InChI is InChI=1S/C21H19ClFN3OS/c22-15-5-8-19(26-9-1-2-10-26)18(11-15)25-20(27)12-17-13-28-21(24-17)14-3-6-16(23)7-4-14/h3-8,11,13H,1-2,9-10,12H2,(H,25,27). The van der Waals surface area contributed by atoms with Crippen LogP contribution in [0.1, 0.15) is 18.5 Å². The van der Waals surface area contributed by atoms with Crippen LogP contribution in [0, 0.1) is 5.82 Å². The van der Waals surface area contributed by atoms with Gasteiger partial charge >= 0.3 is 0 Å². The van der Waals surface area contributed by atoms with Crippen LogP contribution in [0.15, 0.2) is 47.8 Å². The molecule has 1 fully saturated rings. The highest BCUT2D eigenvalue weighted by Crippen LogP contribution is 2.32. The molecule has 0 bridgehead atoms. The van der Waals surface area contributed by atoms with Crippen LogP contribution < -0.4 is 10.2 Å². The third-order valence-corrected chi connectivity index (χ3v) is 5.84. The molecule has 7 heteroatoms. The van der Waals surface area contributed by atoms with Gasteiger partial charge in [-0.3, -0.25) is 4.79 Å². The van der Waals surface area contributed by atoms with Crippen LogP contribution in [0.2, 0.25) is 5.02 Å². The first-order chi connectivity index (χ1) is 13.6. The maximum atomic E-state index is 13.1. The van der Waals surface area contributed by atoms with E-state index in [2.05, 4.69) is 15.2 Å². The molecule has 2 aromatic carbocycles. The van der Waals surface area contributed by atoms with Gasteiger partial charge in [-0.15, -0.1) is 11.3 Å². The summed E-state index contributed by atoms with van der Waals surface area (Å²) in [6.45, 7) is 1.97. The van der Waals surface area contributed by atoms with E-state index in [1.807, 2.05) is 17.5 Å². The van der Waals surface area contributed by atoms with E-state index < -0.39 is 0 Å². The van der Waals surface area contributed by atoms with Gasteiger partial charge in [0.25, 0.3) is 0 Å². The molecular weight excluding hydrogens is 397 g/mol. The van der Waals surface area contributed by atoms with E-state index in [9.17, 15) is 9.18 Å². The molecule has 0 atom stereocenters. The van der Waals surface area contributed by atoms with Crippen molar-refractivity contribution < 1.29 is 9.18 Å². The number of nitrogens with one attached hydrogen (secondary N) is 1. The monoisotopic (exact) mass is 415 g/mol. The van der Waals surface area contributed by atoms with Crippen molar-refractivity contribution >= 4 is 40.2 Å². The number of rotatable bonds is 5. The normalized spacial score (nSPS) is 13.7. The van der Waals surface area contributed by atoms with Gasteiger partial charge in [0.15, 0.2) is 0 Å². The van der Waals surface area contributed by atoms with Gasteiger partial charge in [-0.1, -0.05) is 11.6 Å². The second-order valence-corrected chi connectivity index (χ2v) is 8.03. The van der Waals surface area contributed by atoms with Crippen LogP contribution in [0.25, 0.3) is 10.6 Å². The fourth-order valence-corrected chi connectivity index (χ4v) is 4.31. The molecule has 1 aliphatic heterocycles. The van der Waals surface area contributed by atoms with Crippen molar-refractivity contribution in [2.45, 2.75) is 19.3 Å². The van der Waals surface area contributed by atoms with Gasteiger partial charge in [0.05, 0.1) is 23.5 Å². The number of halogens is 2. The molecule has 2 heterocycles. The second kappa shape index (κ2) is 8.29. The van der Waals surface area contributed by atoms with E-state index in [-0.39, 0.29) is 18.1 Å². The molecule has 1 N–H and O–H groups in total. The first-order valence-electron chi connectivity index (χ1n) is 9.13. The zero-order valence-corrected chi connectivity index (χ0v) is 16.7. The van der Waals surface area contributed by atoms with Gasteiger partial charge in [-0.05, 0) is 55.3 Å². The smallest absolute Gasteiger partial charge is 0.230 e. The van der Waals surface area contributed by atoms with E-state index in [0.29, 0.717) is 10.7 Å². The van der Waals surface area contributed by atoms with Crippen LogP contribution in [0.4, 0.5) is 15.8 Å². The van der Waals surface area contributed by atoms with Gasteiger partial charge < -0.3 is 10.2 Å². The number of thiazole rings is 1. The van der Waals surface area contributed by atoms with Crippen LogP contribution in [-0.4, -0.2) is 24.0 Å². The van der Waals surface area contributed by atoms with E-state index in [1.54, 1.807) is 18.2 Å². The minimum absolute atomic E-state index is 0.140. The minimum Gasteiger partial charge on any atom is -0.370 e. The fourth-order valence-electron chi connectivity index (χ4n) is 3.31. The molecule has 1 aliphatic rings. The largest absolute Gasteiger partial charge is 0.370 e. The molecule has 1 aromatic heterocycles. The molecule has 1 amide bonds. The van der Waals surface area contributed by atoms with E-state index in [0.717, 1.165) is 47.9 Å². The van der Waals surface area contributed by atoms with Crippen molar-refractivity contribution in [1.82, 2.24) is 4.98 Å². The SMILES string of the molecule is O=C(Cc1csc(-c2ccc(F)cc2)n1)Nc1cc(Cl)ccc1N1CCCC1. The molecule has 1 saturated heterocycles. The molecule has 0 unspecified atom stereocenters. The number of hydrogen-bond acceptors (Lipinski definition) is 4. The summed E-state index contributed by atoms with van der Waals surface area (Å²) >= 11 is 7.58. The Morgan fingerprint density at radius 3 is 2.68 bits per heavy atom. The molecule has 0 saturated carbocycles. The molecule has 0 radical (unpaired) electrons. The molecule has 0 spiro atoms. The number of carbonyl (C=O) groups is 1. The third-order valence-electron chi connectivity index (χ3n) is 4.66. The Morgan fingerprint density at radius 1 is 1.18 bits per heavy atom. The van der Waals surface area contributed by atoms with Gasteiger partial charge in [-0.2, -0.15) is 0 Å². The first-order valence-corrected chi connectivity index (χ1v) is 10.4. The molecule has 0 aliphatic carbocycles. The lowest BCUT2D eigenvalue weighted by molar-refractivity contribution is -0.115. The Balaban J connectivity index is 1.46. The quantitative estimate of drug-likeness (QED) is 0.608. The predicted octanol–water partition coefficient (Wildman–Crippen LogP) is 5.38. The van der Waals surface area contributed by atoms with Gasteiger partial charge in [0.1, 0.15) is 10.8 Å². The number of anilines is 2. The van der Waals surface area contributed by atoms with Crippen molar-refractivity contribution in [2.75, 3.05) is 23.3 Å². The summed E-state index contributed by atoms with van der Waals surface area (Å²) in [6, 6.07) is 11.8. The molecule has 28 heavy (non-hydrogen) atoms. The number of benzene rings is 2. The maximum absolute atomic E-state index is 13.1. The third kappa shape index (κ3) is 4.34. The summed E-state index contributed by atoms with van der Waals surface area (Å²) in [5.74, 6) is -0.422. The van der Waals surface area contributed by atoms with Crippen molar-refractivity contribution in [3.8, 4) is 10.6 Å². The second-order valence-electron chi connectivity index (χ2n) is 6.73. The highest BCUT2D eigenvalue weighted by molar-refractivity contribution is 7.13. The summed E-state index contributed by atoms with van der Waals surface area (Å²) < 4.78 is 13.1. The summed E-state index contributed by atoms with van der Waals surface area (Å²) in [7, 11) is 0. The Morgan fingerprint density at radius 2 is 1.93 bits per heavy atom. The molecule has 3 aromatic rings. The average molecular weight is 416 g/mol. The van der Waals surface area contributed by atoms with E-state index in [1.165, 1.54) is 23.5 Å². The van der Waals surface area contributed by atoms with Gasteiger partial charge in [-0.25, -0.2) is 9.37 Å². The van der Waals surface area contributed by atoms with E-state index >= 15 is 0 Å². The zero-order chi connectivity index (χ0) is 19.5. The van der Waals surface area contributed by atoms with Gasteiger partial charge in [0, 0.05) is 29.1 Å². The Labute approximate surface area is 172 Å². The van der Waals surface area contributed by atoms with Crippen molar-refractivity contribution in [1.29, 1.82) is 0 Å². The lowest BCUT2D eigenvalue weighted by Crippen LogP contribution is -2.21. The molecular formula is C21H19ClFN3OS. The average Bonchev–Trinajstić information content (AvgIpc) is 3.35. The van der Waals surface area contributed by atoms with E-state index in [4.69, 9.17) is 11.6 Å². The summed E-state index contributed by atoms with van der Waals surface area (Å²) in [5, 5.41) is 6.20. The Hall–Kier alpha value is -2.44. The highest BCUT2D eigenvalue weighted by atomic mass is 35.5. The minimum atomic E-state index is -0.282. The Bertz CT molecular complexity index is 984. The molecule has 144 valence electrons. The fraction of sp³-hybridized carbons (Fsp3) is 0.238. The number of hydrogen-bond donors (Lipinski definition) is 1. The maximum Gasteiger partial charge on any atom is 0.230 e. The first kappa shape index (κ1) is 18.9. The highest BCUT2D eigenvalue weighted by Gasteiger charge is 2.18. The number of nitrogens with zero attached hydrogens (tertiary/aromatic N) is 2. The van der Waals surface area contributed by atoms with Crippen molar-refractivity contribution in [3.05, 3.63) is 64.4 Å². The number of aromatic nitrogens is 1. The van der Waals surface area contributed by atoms with Crippen LogP contribution >= 0.6 is 22.9 Å². The summed E-state index contributed by atoms with van der Waals surface area (Å²) in [5.41, 5.74) is 3.25. The Kier molecular flexibility index (Phi) is 5.59. The van der Waals surface area contributed by atoms with Crippen LogP contribution in [0.3, 0.4) is 0 Å². The predicted molar refractivity (Wildman–Crippen MR) is 113 cm³/mol. The van der Waals surface area contributed by atoms with Crippen molar-refractivity contribution in [2.24, 2.45) is 0 Å². The molecule has 4 nitrogen and oxygen atoms in total. The van der Waals surface area contributed by atoms with Crippen LogP contribution in [0.5, 0.6) is 0 Å².